The van der Waals surface area contributed by atoms with Crippen LogP contribution in [-0.4, -0.2) is 11.3 Å². The molecule has 0 saturated heterocycles. The van der Waals surface area contributed by atoms with Crippen LogP contribution in [0.25, 0.3) is 22.4 Å². The van der Waals surface area contributed by atoms with Crippen LogP contribution in [0.15, 0.2) is 71.5 Å². The molecule has 3 heteroatoms. The number of aldehydes is 1. The fourth-order valence-corrected chi connectivity index (χ4v) is 2.31. The van der Waals surface area contributed by atoms with Gasteiger partial charge in [-0.05, 0) is 17.2 Å². The van der Waals surface area contributed by atoms with Crippen molar-refractivity contribution in [3.63, 3.8) is 0 Å². The highest BCUT2D eigenvalue weighted by Gasteiger charge is 2.11. The predicted molar refractivity (Wildman–Crippen MR) is 83.3 cm³/mol. The number of benzene rings is 2. The molecule has 3 rings (SSSR count). The lowest BCUT2D eigenvalue weighted by atomic mass is 9.98. The second-order valence-corrected chi connectivity index (χ2v) is 4.69. The molecule has 0 atom stereocenters. The lowest BCUT2D eigenvalue weighted by Gasteiger charge is -2.10. The van der Waals surface area contributed by atoms with E-state index in [1.165, 1.54) is 0 Å². The molecule has 21 heavy (non-hydrogen) atoms. The molecule has 0 amide bonds. The summed E-state index contributed by atoms with van der Waals surface area (Å²) in [5.74, 6) is 0. The zero-order valence-corrected chi connectivity index (χ0v) is 11.2. The van der Waals surface area contributed by atoms with Crippen molar-refractivity contribution in [2.24, 2.45) is 0 Å². The number of H-pyrrole nitrogens is 1. The quantitative estimate of drug-likeness (QED) is 0.743. The van der Waals surface area contributed by atoms with Crippen molar-refractivity contribution in [3.8, 4) is 22.4 Å². The standard InChI is InChI=1S/C18H13NO2/c20-12-15-11-16(13-7-3-1-4-8-13)17(19-18(15)21)14-9-5-2-6-10-14/h1-12H,(H,19,21). The van der Waals surface area contributed by atoms with Crippen LogP contribution in [0.3, 0.4) is 0 Å². The number of carbonyl (C=O) groups excluding carboxylic acids is 1. The molecular weight excluding hydrogens is 262 g/mol. The Morgan fingerprint density at radius 2 is 1.38 bits per heavy atom. The smallest absolute Gasteiger partial charge is 0.259 e. The third-order valence-corrected chi connectivity index (χ3v) is 3.34. The first-order valence-electron chi connectivity index (χ1n) is 6.63. The molecule has 1 aromatic heterocycles. The zero-order chi connectivity index (χ0) is 14.7. The van der Waals surface area contributed by atoms with Crippen LogP contribution in [0.1, 0.15) is 10.4 Å². The number of carbonyl (C=O) groups is 1. The maximum atomic E-state index is 11.9. The second kappa shape index (κ2) is 5.59. The van der Waals surface area contributed by atoms with Gasteiger partial charge in [-0.1, -0.05) is 60.7 Å². The van der Waals surface area contributed by atoms with Gasteiger partial charge in [-0.15, -0.1) is 0 Å². The maximum Gasteiger partial charge on any atom is 0.259 e. The van der Waals surface area contributed by atoms with Crippen LogP contribution in [-0.2, 0) is 0 Å². The van der Waals surface area contributed by atoms with Gasteiger partial charge in [0.25, 0.3) is 5.56 Å². The Balaban J connectivity index is 2.31. The molecule has 3 nitrogen and oxygen atoms in total. The van der Waals surface area contributed by atoms with E-state index in [-0.39, 0.29) is 11.1 Å². The summed E-state index contributed by atoms with van der Waals surface area (Å²) < 4.78 is 0. The largest absolute Gasteiger partial charge is 0.321 e. The number of aromatic nitrogens is 1. The summed E-state index contributed by atoms with van der Waals surface area (Å²) in [7, 11) is 0. The van der Waals surface area contributed by atoms with Crippen LogP contribution >= 0.6 is 0 Å². The monoisotopic (exact) mass is 275 g/mol. The summed E-state index contributed by atoms with van der Waals surface area (Å²) in [6, 6.07) is 20.9. The molecule has 3 aromatic rings. The normalized spacial score (nSPS) is 10.3. The molecule has 0 saturated carbocycles. The van der Waals surface area contributed by atoms with E-state index in [4.69, 9.17) is 0 Å². The van der Waals surface area contributed by atoms with Crippen molar-refractivity contribution in [2.75, 3.05) is 0 Å². The van der Waals surface area contributed by atoms with Gasteiger partial charge >= 0.3 is 0 Å². The van der Waals surface area contributed by atoms with Gasteiger partial charge < -0.3 is 4.98 Å². The van der Waals surface area contributed by atoms with Crippen molar-refractivity contribution in [1.82, 2.24) is 4.98 Å². The molecular formula is C18H13NO2. The number of nitrogens with one attached hydrogen (secondary N) is 1. The summed E-state index contributed by atoms with van der Waals surface area (Å²) in [6.07, 6.45) is 0.583. The van der Waals surface area contributed by atoms with Gasteiger partial charge in [0.2, 0.25) is 0 Å². The van der Waals surface area contributed by atoms with Crippen LogP contribution in [0.5, 0.6) is 0 Å². The van der Waals surface area contributed by atoms with Gasteiger partial charge in [-0.3, -0.25) is 9.59 Å². The van der Waals surface area contributed by atoms with Gasteiger partial charge in [0.1, 0.15) is 0 Å². The van der Waals surface area contributed by atoms with Crippen molar-refractivity contribution >= 4 is 6.29 Å². The number of hydrogen-bond acceptors (Lipinski definition) is 2. The van der Waals surface area contributed by atoms with Crippen molar-refractivity contribution < 1.29 is 4.79 Å². The Labute approximate surface area is 121 Å². The molecule has 0 aliphatic heterocycles. The van der Waals surface area contributed by atoms with E-state index in [9.17, 15) is 9.59 Å². The van der Waals surface area contributed by atoms with Crippen LogP contribution < -0.4 is 5.56 Å². The summed E-state index contributed by atoms with van der Waals surface area (Å²) >= 11 is 0. The number of pyridine rings is 1. The second-order valence-electron chi connectivity index (χ2n) is 4.69. The van der Waals surface area contributed by atoms with Crippen molar-refractivity contribution in [3.05, 3.63) is 82.6 Å². The van der Waals surface area contributed by atoms with E-state index < -0.39 is 0 Å². The topological polar surface area (TPSA) is 49.9 Å². The fourth-order valence-electron chi connectivity index (χ4n) is 2.31. The van der Waals surface area contributed by atoms with Gasteiger partial charge in [-0.25, -0.2) is 0 Å². The minimum atomic E-state index is -0.372. The Bertz CT molecular complexity index is 821. The van der Waals surface area contributed by atoms with E-state index in [1.54, 1.807) is 6.07 Å². The molecule has 0 aliphatic rings. The van der Waals surface area contributed by atoms with Crippen LogP contribution in [0.4, 0.5) is 0 Å². The summed E-state index contributed by atoms with van der Waals surface area (Å²) in [5.41, 5.74) is 3.18. The minimum absolute atomic E-state index is 0.133. The van der Waals surface area contributed by atoms with Crippen molar-refractivity contribution in [2.45, 2.75) is 0 Å². The molecule has 0 aliphatic carbocycles. The highest BCUT2D eigenvalue weighted by Crippen LogP contribution is 2.29. The first kappa shape index (κ1) is 13.1. The van der Waals surface area contributed by atoms with Crippen LogP contribution in [0, 0.1) is 0 Å². The van der Waals surface area contributed by atoms with E-state index >= 15 is 0 Å². The Morgan fingerprint density at radius 3 is 1.95 bits per heavy atom. The molecule has 0 bridgehead atoms. The Morgan fingerprint density at radius 1 is 0.810 bits per heavy atom. The maximum absolute atomic E-state index is 11.9. The van der Waals surface area contributed by atoms with Gasteiger partial charge in [-0.2, -0.15) is 0 Å². The average molecular weight is 275 g/mol. The van der Waals surface area contributed by atoms with Gasteiger partial charge in [0, 0.05) is 5.56 Å². The Kier molecular flexibility index (Phi) is 3.48. The lowest BCUT2D eigenvalue weighted by Crippen LogP contribution is -2.13. The molecule has 0 radical (unpaired) electrons. The summed E-state index contributed by atoms with van der Waals surface area (Å²) in [6.45, 7) is 0. The molecule has 102 valence electrons. The summed E-state index contributed by atoms with van der Waals surface area (Å²) in [5, 5.41) is 0. The minimum Gasteiger partial charge on any atom is -0.321 e. The third-order valence-electron chi connectivity index (χ3n) is 3.34. The van der Waals surface area contributed by atoms with Crippen molar-refractivity contribution in [1.29, 1.82) is 0 Å². The van der Waals surface area contributed by atoms with E-state index in [2.05, 4.69) is 4.98 Å². The lowest BCUT2D eigenvalue weighted by molar-refractivity contribution is 0.112. The summed E-state index contributed by atoms with van der Waals surface area (Å²) in [4.78, 5) is 25.8. The predicted octanol–water partition coefficient (Wildman–Crippen LogP) is 3.52. The van der Waals surface area contributed by atoms with Gasteiger partial charge in [0.15, 0.2) is 6.29 Å². The first-order valence-corrected chi connectivity index (χ1v) is 6.63. The number of rotatable bonds is 3. The van der Waals surface area contributed by atoms with E-state index in [0.717, 1.165) is 22.4 Å². The van der Waals surface area contributed by atoms with E-state index in [1.807, 2.05) is 60.7 Å². The van der Waals surface area contributed by atoms with Gasteiger partial charge in [0.05, 0.1) is 11.3 Å². The molecule has 1 heterocycles. The molecule has 0 spiro atoms. The fraction of sp³-hybridized carbons (Fsp3) is 0. The highest BCUT2D eigenvalue weighted by atomic mass is 16.1. The SMILES string of the molecule is O=Cc1cc(-c2ccccc2)c(-c2ccccc2)[nH]c1=O. The zero-order valence-electron chi connectivity index (χ0n) is 11.2. The third kappa shape index (κ3) is 2.54. The molecule has 1 N–H and O–H groups in total. The van der Waals surface area contributed by atoms with E-state index in [0.29, 0.717) is 6.29 Å². The van der Waals surface area contributed by atoms with Crippen LogP contribution in [0.2, 0.25) is 0 Å². The Hall–Kier alpha value is -2.94. The first-order chi connectivity index (χ1) is 10.3. The number of hydrogen-bond donors (Lipinski definition) is 1. The molecule has 0 unspecified atom stereocenters. The highest BCUT2D eigenvalue weighted by molar-refractivity contribution is 5.85. The average Bonchev–Trinajstić information content (AvgIpc) is 2.56. The molecule has 0 fully saturated rings. The number of aromatic amines is 1. The molecule has 2 aromatic carbocycles.